The second-order valence-corrected chi connectivity index (χ2v) is 8.40. The van der Waals surface area contributed by atoms with Crippen molar-refractivity contribution in [3.63, 3.8) is 0 Å². The first-order valence-electron chi connectivity index (χ1n) is 8.81. The van der Waals surface area contributed by atoms with Crippen molar-refractivity contribution in [3.8, 4) is 0 Å². The summed E-state index contributed by atoms with van der Waals surface area (Å²) in [5.41, 5.74) is 0.800. The zero-order valence-electron chi connectivity index (χ0n) is 14.7. The lowest BCUT2D eigenvalue weighted by Gasteiger charge is -2.19. The van der Waals surface area contributed by atoms with E-state index in [9.17, 15) is 13.2 Å². The summed E-state index contributed by atoms with van der Waals surface area (Å²) in [7, 11) is -3.57. The molecule has 0 N–H and O–H groups in total. The first kappa shape index (κ1) is 17.7. The van der Waals surface area contributed by atoms with Gasteiger partial charge in [-0.25, -0.2) is 17.9 Å². The van der Waals surface area contributed by atoms with Crippen molar-refractivity contribution in [3.05, 3.63) is 82.5 Å². The van der Waals surface area contributed by atoms with Crippen LogP contribution >= 0.6 is 0 Å². The van der Waals surface area contributed by atoms with Crippen molar-refractivity contribution in [1.82, 2.24) is 18.7 Å². The van der Waals surface area contributed by atoms with Gasteiger partial charge in [0.05, 0.1) is 11.4 Å². The van der Waals surface area contributed by atoms with Gasteiger partial charge in [-0.05, 0) is 17.7 Å². The fraction of sp³-hybridized carbons (Fsp3) is 0.263. The maximum absolute atomic E-state index is 12.8. The van der Waals surface area contributed by atoms with Gasteiger partial charge in [0.15, 0.2) is 0 Å². The lowest BCUT2D eigenvalue weighted by Crippen LogP contribution is -2.35. The zero-order chi connectivity index (χ0) is 18.9. The Bertz CT molecular complexity index is 1090. The van der Waals surface area contributed by atoms with Gasteiger partial charge in [0, 0.05) is 26.1 Å². The van der Waals surface area contributed by atoms with E-state index in [2.05, 4.69) is 5.10 Å². The van der Waals surface area contributed by atoms with Gasteiger partial charge in [-0.3, -0.25) is 4.57 Å². The number of rotatable bonds is 4. The predicted molar refractivity (Wildman–Crippen MR) is 101 cm³/mol. The van der Waals surface area contributed by atoms with E-state index >= 15 is 0 Å². The fourth-order valence-corrected chi connectivity index (χ4v) is 4.74. The number of fused-ring (bicyclic) bond motifs is 1. The van der Waals surface area contributed by atoms with Crippen LogP contribution in [0, 0.1) is 0 Å². The Morgan fingerprint density at radius 2 is 1.56 bits per heavy atom. The van der Waals surface area contributed by atoms with Crippen LogP contribution in [0.5, 0.6) is 0 Å². The second-order valence-electron chi connectivity index (χ2n) is 6.46. The first-order valence-corrected chi connectivity index (χ1v) is 10.3. The van der Waals surface area contributed by atoms with Gasteiger partial charge >= 0.3 is 5.69 Å². The van der Waals surface area contributed by atoms with Crippen molar-refractivity contribution in [2.45, 2.75) is 24.4 Å². The molecule has 0 amide bonds. The Balaban J connectivity index is 1.56. The molecule has 140 valence electrons. The lowest BCUT2D eigenvalue weighted by molar-refractivity contribution is 0.410. The van der Waals surface area contributed by atoms with Gasteiger partial charge in [0.2, 0.25) is 10.0 Å². The zero-order valence-corrected chi connectivity index (χ0v) is 15.5. The standard InChI is InChI=1S/C19H20N4O3S/c24-19-22-14-13-21(27(25,26)17-9-5-2-6-10-17)12-11-18(22)20-23(19)15-16-7-3-1-4-8-16/h1-10H,11-15H2. The molecule has 2 aromatic carbocycles. The first-order chi connectivity index (χ1) is 13.1. The number of sulfonamides is 1. The summed E-state index contributed by atoms with van der Waals surface area (Å²) in [6.45, 7) is 1.26. The van der Waals surface area contributed by atoms with E-state index in [4.69, 9.17) is 0 Å². The smallest absolute Gasteiger partial charge is 0.278 e. The van der Waals surface area contributed by atoms with Gasteiger partial charge < -0.3 is 0 Å². The van der Waals surface area contributed by atoms with Crippen LogP contribution in [0.4, 0.5) is 0 Å². The van der Waals surface area contributed by atoms with Crippen molar-refractivity contribution < 1.29 is 8.42 Å². The number of hydrogen-bond donors (Lipinski definition) is 0. The summed E-state index contributed by atoms with van der Waals surface area (Å²) in [4.78, 5) is 13.0. The lowest BCUT2D eigenvalue weighted by atomic mass is 10.2. The van der Waals surface area contributed by atoms with Crippen LogP contribution in [-0.2, 0) is 29.5 Å². The molecule has 0 unspecified atom stereocenters. The van der Waals surface area contributed by atoms with E-state index in [0.29, 0.717) is 31.9 Å². The SMILES string of the molecule is O=c1n(Cc2ccccc2)nc2n1CCN(S(=O)(=O)c1ccccc1)CC2. The third kappa shape index (κ3) is 3.45. The molecule has 8 heteroatoms. The summed E-state index contributed by atoms with van der Waals surface area (Å²) < 4.78 is 30.1. The molecule has 7 nitrogen and oxygen atoms in total. The Kier molecular flexibility index (Phi) is 4.67. The molecule has 0 atom stereocenters. The van der Waals surface area contributed by atoms with Crippen LogP contribution in [0.2, 0.25) is 0 Å². The molecule has 1 aliphatic rings. The Labute approximate surface area is 157 Å². The van der Waals surface area contributed by atoms with E-state index in [0.717, 1.165) is 5.56 Å². The summed E-state index contributed by atoms with van der Waals surface area (Å²) >= 11 is 0. The van der Waals surface area contributed by atoms with Gasteiger partial charge in [0.25, 0.3) is 0 Å². The van der Waals surface area contributed by atoms with E-state index in [1.807, 2.05) is 30.3 Å². The monoisotopic (exact) mass is 384 g/mol. The van der Waals surface area contributed by atoms with Crippen LogP contribution in [0.15, 0.2) is 70.4 Å². The summed E-state index contributed by atoms with van der Waals surface area (Å²) in [5.74, 6) is 0.627. The van der Waals surface area contributed by atoms with E-state index in [-0.39, 0.29) is 17.1 Å². The van der Waals surface area contributed by atoms with Crippen LogP contribution < -0.4 is 5.69 Å². The van der Waals surface area contributed by atoms with Crippen LogP contribution in [-0.4, -0.2) is 40.2 Å². The molecule has 0 aliphatic carbocycles. The molecule has 27 heavy (non-hydrogen) atoms. The summed E-state index contributed by atoms with van der Waals surface area (Å²) in [6.07, 6.45) is 0.406. The number of aromatic nitrogens is 3. The second kappa shape index (κ2) is 7.13. The average molecular weight is 384 g/mol. The highest BCUT2D eigenvalue weighted by Gasteiger charge is 2.28. The molecule has 0 spiro atoms. The van der Waals surface area contributed by atoms with Crippen LogP contribution in [0.25, 0.3) is 0 Å². The Hall–Kier alpha value is -2.71. The van der Waals surface area contributed by atoms with E-state index in [1.165, 1.54) is 8.99 Å². The minimum absolute atomic E-state index is 0.201. The molecular weight excluding hydrogens is 364 g/mol. The van der Waals surface area contributed by atoms with E-state index < -0.39 is 10.0 Å². The normalized spacial score (nSPS) is 15.3. The summed E-state index contributed by atoms with van der Waals surface area (Å²) in [6, 6.07) is 18.0. The van der Waals surface area contributed by atoms with Gasteiger partial charge in [-0.2, -0.15) is 9.40 Å². The minimum Gasteiger partial charge on any atom is -0.278 e. The number of hydrogen-bond acceptors (Lipinski definition) is 4. The number of nitrogens with zero attached hydrogens (tertiary/aromatic N) is 4. The molecule has 0 radical (unpaired) electrons. The van der Waals surface area contributed by atoms with E-state index in [1.54, 1.807) is 34.9 Å². The molecule has 0 saturated heterocycles. The van der Waals surface area contributed by atoms with Gasteiger partial charge in [-0.15, -0.1) is 0 Å². The largest absolute Gasteiger partial charge is 0.346 e. The van der Waals surface area contributed by atoms with Crippen molar-refractivity contribution in [2.75, 3.05) is 13.1 Å². The van der Waals surface area contributed by atoms with Gasteiger partial charge in [0.1, 0.15) is 5.82 Å². The van der Waals surface area contributed by atoms with Crippen LogP contribution in [0.1, 0.15) is 11.4 Å². The Morgan fingerprint density at radius 3 is 2.26 bits per heavy atom. The fourth-order valence-electron chi connectivity index (χ4n) is 3.28. The molecule has 1 aliphatic heterocycles. The number of benzene rings is 2. The van der Waals surface area contributed by atoms with Crippen molar-refractivity contribution in [1.29, 1.82) is 0 Å². The van der Waals surface area contributed by atoms with Crippen molar-refractivity contribution >= 4 is 10.0 Å². The third-order valence-electron chi connectivity index (χ3n) is 4.71. The quantitative estimate of drug-likeness (QED) is 0.680. The third-order valence-corrected chi connectivity index (χ3v) is 6.63. The minimum atomic E-state index is -3.57. The molecule has 0 bridgehead atoms. The predicted octanol–water partition coefficient (Wildman–Crippen LogP) is 1.34. The highest BCUT2D eigenvalue weighted by molar-refractivity contribution is 7.89. The highest BCUT2D eigenvalue weighted by Crippen LogP contribution is 2.17. The molecule has 2 heterocycles. The van der Waals surface area contributed by atoms with Crippen LogP contribution in [0.3, 0.4) is 0 Å². The molecule has 3 aromatic rings. The topological polar surface area (TPSA) is 77.2 Å². The summed E-state index contributed by atoms with van der Waals surface area (Å²) in [5, 5.41) is 4.44. The maximum atomic E-state index is 12.8. The Morgan fingerprint density at radius 1 is 0.889 bits per heavy atom. The molecule has 0 saturated carbocycles. The van der Waals surface area contributed by atoms with Gasteiger partial charge in [-0.1, -0.05) is 48.5 Å². The molecule has 4 rings (SSSR count). The average Bonchev–Trinajstić information content (AvgIpc) is 2.85. The highest BCUT2D eigenvalue weighted by atomic mass is 32.2. The molecule has 1 aromatic heterocycles. The van der Waals surface area contributed by atoms with Crippen molar-refractivity contribution in [2.24, 2.45) is 0 Å². The molecule has 0 fully saturated rings. The maximum Gasteiger partial charge on any atom is 0.346 e. The molecular formula is C19H20N4O3S.